The van der Waals surface area contributed by atoms with E-state index in [1.807, 2.05) is 91.0 Å². The van der Waals surface area contributed by atoms with Gasteiger partial charge in [0.2, 0.25) is 0 Å². The molecule has 4 nitrogen and oxygen atoms in total. The second kappa shape index (κ2) is 10.5. The van der Waals surface area contributed by atoms with Crippen LogP contribution in [0.3, 0.4) is 0 Å². The van der Waals surface area contributed by atoms with Gasteiger partial charge in [0.05, 0.1) is 12.8 Å². The van der Waals surface area contributed by atoms with Gasteiger partial charge in [-0.2, -0.15) is 0 Å². The zero-order valence-electron chi connectivity index (χ0n) is 18.0. The molecule has 0 aromatic heterocycles. The Labute approximate surface area is 198 Å². The van der Waals surface area contributed by atoms with Crippen molar-refractivity contribution in [3.05, 3.63) is 119 Å². The number of hydrogen-bond acceptors (Lipinski definition) is 3. The molecule has 5 heteroatoms. The number of amides is 1. The largest absolute Gasteiger partial charge is 0.497 e. The number of carbonyl (C=O) groups excluding carboxylic acids is 1. The van der Waals surface area contributed by atoms with E-state index in [-0.39, 0.29) is 5.91 Å². The van der Waals surface area contributed by atoms with Gasteiger partial charge in [0.25, 0.3) is 5.91 Å². The number of hydrogen-bond donors (Lipinski definition) is 1. The summed E-state index contributed by atoms with van der Waals surface area (Å²) in [4.78, 5) is 13.5. The van der Waals surface area contributed by atoms with Gasteiger partial charge in [-0.3, -0.25) is 4.79 Å². The lowest BCUT2D eigenvalue weighted by Gasteiger charge is -2.14. The van der Waals surface area contributed by atoms with Crippen LogP contribution in [0.1, 0.15) is 11.1 Å². The van der Waals surface area contributed by atoms with Crippen molar-refractivity contribution >= 4 is 34.8 Å². The van der Waals surface area contributed by atoms with Crippen LogP contribution in [0, 0.1) is 0 Å². The molecule has 0 heterocycles. The third-order valence-corrected chi connectivity index (χ3v) is 5.15. The molecule has 0 aliphatic rings. The van der Waals surface area contributed by atoms with Gasteiger partial charge in [0.15, 0.2) is 5.75 Å². The zero-order valence-corrected chi connectivity index (χ0v) is 18.8. The minimum absolute atomic E-state index is 0.280. The molecule has 0 radical (unpaired) electrons. The summed E-state index contributed by atoms with van der Waals surface area (Å²) in [5.41, 5.74) is 2.65. The lowest BCUT2D eigenvalue weighted by molar-refractivity contribution is -0.111. The van der Waals surface area contributed by atoms with Crippen molar-refractivity contribution in [1.82, 2.24) is 0 Å². The van der Waals surface area contributed by atoms with Gasteiger partial charge in [-0.25, -0.2) is 0 Å². The quantitative estimate of drug-likeness (QED) is 0.234. The van der Waals surface area contributed by atoms with Crippen LogP contribution < -0.4 is 14.8 Å². The van der Waals surface area contributed by atoms with E-state index >= 15 is 0 Å². The minimum Gasteiger partial charge on any atom is -0.497 e. The van der Waals surface area contributed by atoms with E-state index in [1.54, 1.807) is 25.3 Å². The Morgan fingerprint density at radius 2 is 1.48 bits per heavy atom. The molecule has 0 fully saturated rings. The fourth-order valence-corrected chi connectivity index (χ4v) is 3.43. The van der Waals surface area contributed by atoms with E-state index in [2.05, 4.69) is 5.32 Å². The number of para-hydroxylation sites is 1. The molecule has 0 atom stereocenters. The summed E-state index contributed by atoms with van der Waals surface area (Å²) in [7, 11) is 1.62. The van der Waals surface area contributed by atoms with Crippen molar-refractivity contribution in [3.63, 3.8) is 0 Å². The van der Waals surface area contributed by atoms with Crippen molar-refractivity contribution in [2.45, 2.75) is 0 Å². The number of halogens is 1. The normalized spacial score (nSPS) is 11.0. The van der Waals surface area contributed by atoms with Gasteiger partial charge in [-0.1, -0.05) is 72.3 Å². The first kappa shape index (κ1) is 22.2. The summed E-state index contributed by atoms with van der Waals surface area (Å²) < 4.78 is 11.2. The van der Waals surface area contributed by atoms with E-state index in [1.165, 1.54) is 0 Å². The van der Waals surface area contributed by atoms with Crippen LogP contribution in [0.2, 0.25) is 5.02 Å². The second-order valence-corrected chi connectivity index (χ2v) is 7.64. The summed E-state index contributed by atoms with van der Waals surface area (Å²) >= 11 is 6.22. The number of nitrogens with one attached hydrogen (secondary N) is 1. The number of methoxy groups -OCH3 is 1. The van der Waals surface area contributed by atoms with Crippen LogP contribution in [0.4, 0.5) is 5.69 Å². The monoisotopic (exact) mass is 455 g/mol. The molecule has 0 unspecified atom stereocenters. The third kappa shape index (κ3) is 5.82. The molecular formula is C28H22ClNO3. The maximum Gasteiger partial charge on any atom is 0.256 e. The smallest absolute Gasteiger partial charge is 0.256 e. The highest BCUT2D eigenvalue weighted by molar-refractivity contribution is 6.32. The summed E-state index contributed by atoms with van der Waals surface area (Å²) in [5.74, 6) is 1.62. The number of rotatable bonds is 7. The topological polar surface area (TPSA) is 47.6 Å². The molecule has 0 aliphatic heterocycles. The molecule has 0 aliphatic carbocycles. The Kier molecular flexibility index (Phi) is 7.08. The maximum absolute atomic E-state index is 13.5. The molecule has 4 aromatic rings. The van der Waals surface area contributed by atoms with Crippen LogP contribution in [-0.2, 0) is 4.79 Å². The zero-order chi connectivity index (χ0) is 23.0. The highest BCUT2D eigenvalue weighted by Gasteiger charge is 2.16. The Bertz CT molecular complexity index is 1250. The number of ether oxygens (including phenoxy) is 2. The molecule has 33 heavy (non-hydrogen) atoms. The van der Waals surface area contributed by atoms with E-state index in [0.29, 0.717) is 27.8 Å². The van der Waals surface area contributed by atoms with E-state index < -0.39 is 0 Å². The highest BCUT2D eigenvalue weighted by Crippen LogP contribution is 2.33. The van der Waals surface area contributed by atoms with Crippen molar-refractivity contribution in [3.8, 4) is 17.2 Å². The van der Waals surface area contributed by atoms with Gasteiger partial charge >= 0.3 is 0 Å². The predicted molar refractivity (Wildman–Crippen MR) is 134 cm³/mol. The van der Waals surface area contributed by atoms with Gasteiger partial charge in [-0.05, 0) is 59.7 Å². The van der Waals surface area contributed by atoms with Crippen molar-refractivity contribution < 1.29 is 14.3 Å². The molecule has 0 saturated heterocycles. The lowest BCUT2D eigenvalue weighted by atomic mass is 10.0. The fourth-order valence-electron chi connectivity index (χ4n) is 3.26. The predicted octanol–water partition coefficient (Wildman–Crippen LogP) is 7.32. The SMILES string of the molecule is COc1ccc(/C=C(/C(=O)Nc2cc(Cl)ccc2Oc2ccccc2)c2ccccc2)cc1. The third-order valence-electron chi connectivity index (χ3n) is 4.92. The summed E-state index contributed by atoms with van der Waals surface area (Å²) in [6.07, 6.45) is 1.84. The van der Waals surface area contributed by atoms with Crippen LogP contribution in [0.5, 0.6) is 17.2 Å². The fraction of sp³-hybridized carbons (Fsp3) is 0.0357. The van der Waals surface area contributed by atoms with E-state index in [0.717, 1.165) is 16.9 Å². The average Bonchev–Trinajstić information content (AvgIpc) is 2.85. The van der Waals surface area contributed by atoms with Gasteiger partial charge in [0.1, 0.15) is 11.5 Å². The maximum atomic E-state index is 13.5. The lowest BCUT2D eigenvalue weighted by Crippen LogP contribution is -2.14. The van der Waals surface area contributed by atoms with Gasteiger partial charge < -0.3 is 14.8 Å². The Morgan fingerprint density at radius 1 is 0.818 bits per heavy atom. The summed E-state index contributed by atoms with van der Waals surface area (Å²) in [5, 5.41) is 3.46. The highest BCUT2D eigenvalue weighted by atomic mass is 35.5. The molecule has 164 valence electrons. The first-order valence-corrected chi connectivity index (χ1v) is 10.7. The van der Waals surface area contributed by atoms with Gasteiger partial charge in [-0.15, -0.1) is 0 Å². The molecule has 1 amide bonds. The first-order valence-electron chi connectivity index (χ1n) is 10.4. The van der Waals surface area contributed by atoms with Crippen LogP contribution >= 0.6 is 11.6 Å². The van der Waals surface area contributed by atoms with E-state index in [4.69, 9.17) is 21.1 Å². The minimum atomic E-state index is -0.280. The Hall–Kier alpha value is -4.02. The first-order chi connectivity index (χ1) is 16.1. The number of benzene rings is 4. The molecule has 0 spiro atoms. The Balaban J connectivity index is 1.67. The van der Waals surface area contributed by atoms with E-state index in [9.17, 15) is 4.79 Å². The second-order valence-electron chi connectivity index (χ2n) is 7.21. The van der Waals surface area contributed by atoms with Crippen molar-refractivity contribution in [2.75, 3.05) is 12.4 Å². The number of carbonyl (C=O) groups is 1. The Morgan fingerprint density at radius 3 is 2.15 bits per heavy atom. The summed E-state index contributed by atoms with van der Waals surface area (Å²) in [6, 6.07) is 31.5. The van der Waals surface area contributed by atoms with Crippen molar-refractivity contribution in [2.24, 2.45) is 0 Å². The average molecular weight is 456 g/mol. The molecule has 4 aromatic carbocycles. The number of anilines is 1. The van der Waals surface area contributed by atoms with Crippen LogP contribution in [0.25, 0.3) is 11.6 Å². The van der Waals surface area contributed by atoms with Crippen LogP contribution in [0.15, 0.2) is 103 Å². The molecule has 0 saturated carbocycles. The van der Waals surface area contributed by atoms with Crippen molar-refractivity contribution in [1.29, 1.82) is 0 Å². The van der Waals surface area contributed by atoms with Crippen LogP contribution in [-0.4, -0.2) is 13.0 Å². The molecule has 4 rings (SSSR count). The summed E-state index contributed by atoms with van der Waals surface area (Å²) in [6.45, 7) is 0. The molecule has 1 N–H and O–H groups in total. The standard InChI is InChI=1S/C28H22ClNO3/c1-32-23-15-12-20(13-16-23)18-25(21-8-4-2-5-9-21)28(31)30-26-19-22(29)14-17-27(26)33-24-10-6-3-7-11-24/h2-19H,1H3,(H,30,31)/b25-18+. The molecule has 0 bridgehead atoms. The molecular weight excluding hydrogens is 434 g/mol. The van der Waals surface area contributed by atoms with Gasteiger partial charge in [0, 0.05) is 10.6 Å².